The van der Waals surface area contributed by atoms with E-state index in [1.807, 2.05) is 42.5 Å². The maximum absolute atomic E-state index is 11.5. The number of thiophene rings is 1. The Hall–Kier alpha value is -1.92. The van der Waals surface area contributed by atoms with Gasteiger partial charge >= 0.3 is 0 Å². The van der Waals surface area contributed by atoms with Crippen LogP contribution in [0, 0.1) is 0 Å². The number of carbonyl (C=O) groups is 1. The van der Waals surface area contributed by atoms with E-state index >= 15 is 0 Å². The number of nitrogens with one attached hydrogen (secondary N) is 2. The minimum atomic E-state index is -0.480. The van der Waals surface area contributed by atoms with Crippen molar-refractivity contribution in [3.63, 3.8) is 0 Å². The molecule has 3 N–H and O–H groups in total. The number of hydroxylamine groups is 1. The highest BCUT2D eigenvalue weighted by Gasteiger charge is 2.09. The number of carbonyl (C=O) groups excluding carboxylic acids is 1. The molecule has 4 nitrogen and oxygen atoms in total. The van der Waals surface area contributed by atoms with Gasteiger partial charge in [-0.3, -0.25) is 10.0 Å². The molecule has 2 aromatic carbocycles. The maximum atomic E-state index is 11.5. The highest BCUT2D eigenvalue weighted by atomic mass is 35.5. The molecule has 0 spiro atoms. The monoisotopic (exact) mass is 346 g/mol. The van der Waals surface area contributed by atoms with Gasteiger partial charge in [-0.1, -0.05) is 29.8 Å². The highest BCUT2D eigenvalue weighted by Crippen LogP contribution is 2.26. The summed E-state index contributed by atoms with van der Waals surface area (Å²) in [6, 6.07) is 15.6. The molecule has 1 heterocycles. The average Bonchev–Trinajstić information content (AvgIpc) is 2.97. The summed E-state index contributed by atoms with van der Waals surface area (Å²) in [5, 5.41) is 13.8. The SMILES string of the molecule is O=C(NO)c1cc2cc(CNCc3cccc(Cl)c3)ccc2s1. The van der Waals surface area contributed by atoms with Crippen LogP contribution >= 0.6 is 22.9 Å². The molecule has 0 aliphatic rings. The van der Waals surface area contributed by atoms with Gasteiger partial charge < -0.3 is 5.32 Å². The summed E-state index contributed by atoms with van der Waals surface area (Å²) >= 11 is 7.32. The normalized spacial score (nSPS) is 10.9. The molecule has 118 valence electrons. The molecular formula is C17H15ClN2O2S. The lowest BCUT2D eigenvalue weighted by atomic mass is 10.1. The van der Waals surface area contributed by atoms with Crippen LogP contribution < -0.4 is 10.8 Å². The van der Waals surface area contributed by atoms with E-state index in [0.29, 0.717) is 4.88 Å². The van der Waals surface area contributed by atoms with E-state index in [-0.39, 0.29) is 0 Å². The van der Waals surface area contributed by atoms with Gasteiger partial charge in [0.15, 0.2) is 0 Å². The molecule has 3 aromatic rings. The lowest BCUT2D eigenvalue weighted by Gasteiger charge is -2.06. The van der Waals surface area contributed by atoms with E-state index in [0.717, 1.165) is 39.3 Å². The van der Waals surface area contributed by atoms with E-state index in [2.05, 4.69) is 5.32 Å². The lowest BCUT2D eigenvalue weighted by molar-refractivity contribution is 0.0711. The molecule has 6 heteroatoms. The predicted octanol–water partition coefficient (Wildman–Crippen LogP) is 3.96. The summed E-state index contributed by atoms with van der Waals surface area (Å²) in [5.74, 6) is -0.480. The molecule has 0 aliphatic heterocycles. The van der Waals surface area contributed by atoms with Crippen molar-refractivity contribution in [2.75, 3.05) is 0 Å². The van der Waals surface area contributed by atoms with Crippen LogP contribution in [0.1, 0.15) is 20.8 Å². The molecule has 1 aromatic heterocycles. The number of rotatable bonds is 5. The van der Waals surface area contributed by atoms with Crippen molar-refractivity contribution in [1.29, 1.82) is 0 Å². The van der Waals surface area contributed by atoms with Gasteiger partial charge in [0.25, 0.3) is 5.91 Å². The van der Waals surface area contributed by atoms with Crippen LogP contribution in [0.5, 0.6) is 0 Å². The summed E-state index contributed by atoms with van der Waals surface area (Å²) in [7, 11) is 0. The standard InChI is InChI=1S/C17H15ClN2O2S/c18-14-3-1-2-11(7-14)9-19-10-12-4-5-15-13(6-12)8-16(23-15)17(21)20-22/h1-8,19,22H,9-10H2,(H,20,21). The van der Waals surface area contributed by atoms with Gasteiger partial charge in [-0.25, -0.2) is 5.48 Å². The molecule has 0 atom stereocenters. The van der Waals surface area contributed by atoms with Crippen LogP contribution in [0.2, 0.25) is 5.02 Å². The van der Waals surface area contributed by atoms with Crippen molar-refractivity contribution < 1.29 is 10.0 Å². The minimum Gasteiger partial charge on any atom is -0.309 e. The second-order valence-corrected chi connectivity index (χ2v) is 6.68. The van der Waals surface area contributed by atoms with E-state index < -0.39 is 5.91 Å². The zero-order chi connectivity index (χ0) is 16.2. The van der Waals surface area contributed by atoms with Crippen LogP contribution in [0.25, 0.3) is 10.1 Å². The molecule has 0 saturated carbocycles. The first-order valence-electron chi connectivity index (χ1n) is 7.08. The topological polar surface area (TPSA) is 61.4 Å². The lowest BCUT2D eigenvalue weighted by Crippen LogP contribution is -2.16. The van der Waals surface area contributed by atoms with E-state index in [9.17, 15) is 4.79 Å². The summed E-state index contributed by atoms with van der Waals surface area (Å²) in [6.45, 7) is 1.46. The van der Waals surface area contributed by atoms with Crippen molar-refractivity contribution >= 4 is 38.9 Å². The van der Waals surface area contributed by atoms with Gasteiger partial charge in [0.05, 0.1) is 4.88 Å². The number of benzene rings is 2. The summed E-state index contributed by atoms with van der Waals surface area (Å²) < 4.78 is 1.02. The van der Waals surface area contributed by atoms with Crippen LogP contribution in [0.4, 0.5) is 0 Å². The fourth-order valence-electron chi connectivity index (χ4n) is 2.37. The average molecular weight is 347 g/mol. The predicted molar refractivity (Wildman–Crippen MR) is 93.1 cm³/mol. The number of hydrogen-bond acceptors (Lipinski definition) is 4. The van der Waals surface area contributed by atoms with Gasteiger partial charge in [0.2, 0.25) is 0 Å². The summed E-state index contributed by atoms with van der Waals surface area (Å²) in [4.78, 5) is 11.9. The molecule has 23 heavy (non-hydrogen) atoms. The smallest absolute Gasteiger partial charge is 0.284 e. The maximum Gasteiger partial charge on any atom is 0.284 e. The van der Waals surface area contributed by atoms with Crippen LogP contribution in [0.3, 0.4) is 0 Å². The highest BCUT2D eigenvalue weighted by molar-refractivity contribution is 7.20. The number of amides is 1. The van der Waals surface area contributed by atoms with Gasteiger partial charge in [0.1, 0.15) is 0 Å². The third-order valence-electron chi connectivity index (χ3n) is 3.45. The first-order chi connectivity index (χ1) is 11.2. The Morgan fingerprint density at radius 3 is 2.61 bits per heavy atom. The molecule has 0 saturated heterocycles. The van der Waals surface area contributed by atoms with Crippen molar-refractivity contribution in [1.82, 2.24) is 10.8 Å². The van der Waals surface area contributed by atoms with Crippen molar-refractivity contribution in [3.8, 4) is 0 Å². The van der Waals surface area contributed by atoms with Crippen molar-refractivity contribution in [2.24, 2.45) is 0 Å². The van der Waals surface area contributed by atoms with Crippen molar-refractivity contribution in [3.05, 3.63) is 69.6 Å². The zero-order valence-corrected chi connectivity index (χ0v) is 13.7. The Balaban J connectivity index is 1.67. The molecule has 0 fully saturated rings. The van der Waals surface area contributed by atoms with Crippen LogP contribution in [0.15, 0.2) is 48.5 Å². The Morgan fingerprint density at radius 1 is 1.09 bits per heavy atom. The molecule has 1 amide bonds. The fourth-order valence-corrected chi connectivity index (χ4v) is 3.51. The van der Waals surface area contributed by atoms with Crippen LogP contribution in [-0.4, -0.2) is 11.1 Å². The first kappa shape index (κ1) is 16.0. The zero-order valence-electron chi connectivity index (χ0n) is 12.2. The Labute approximate surface area is 142 Å². The van der Waals surface area contributed by atoms with Gasteiger partial charge in [-0.05, 0) is 46.8 Å². The largest absolute Gasteiger partial charge is 0.309 e. The number of fused-ring (bicyclic) bond motifs is 1. The quantitative estimate of drug-likeness (QED) is 0.484. The summed E-state index contributed by atoms with van der Waals surface area (Å²) in [6.07, 6.45) is 0. The third-order valence-corrected chi connectivity index (χ3v) is 4.80. The van der Waals surface area contributed by atoms with Gasteiger partial charge in [0, 0.05) is 22.8 Å². The minimum absolute atomic E-state index is 0.480. The molecule has 0 bridgehead atoms. The fraction of sp³-hybridized carbons (Fsp3) is 0.118. The summed E-state index contributed by atoms with van der Waals surface area (Å²) in [5.41, 5.74) is 3.93. The van der Waals surface area contributed by atoms with Crippen molar-refractivity contribution in [2.45, 2.75) is 13.1 Å². The second kappa shape index (κ2) is 7.10. The van der Waals surface area contributed by atoms with E-state index in [1.54, 1.807) is 11.5 Å². The molecule has 0 unspecified atom stereocenters. The Morgan fingerprint density at radius 2 is 1.87 bits per heavy atom. The van der Waals surface area contributed by atoms with Gasteiger partial charge in [-0.2, -0.15) is 0 Å². The molecular weight excluding hydrogens is 332 g/mol. The molecule has 3 rings (SSSR count). The Bertz CT molecular complexity index is 847. The second-order valence-electron chi connectivity index (χ2n) is 5.16. The molecule has 0 aliphatic carbocycles. The third kappa shape index (κ3) is 3.89. The number of halogens is 1. The van der Waals surface area contributed by atoms with Crippen LogP contribution in [-0.2, 0) is 13.1 Å². The van der Waals surface area contributed by atoms with E-state index in [1.165, 1.54) is 11.3 Å². The first-order valence-corrected chi connectivity index (χ1v) is 8.27. The molecule has 0 radical (unpaired) electrons. The van der Waals surface area contributed by atoms with E-state index in [4.69, 9.17) is 16.8 Å². The Kier molecular flexibility index (Phi) is 4.93. The number of hydrogen-bond donors (Lipinski definition) is 3. The van der Waals surface area contributed by atoms with Gasteiger partial charge in [-0.15, -0.1) is 11.3 Å².